The van der Waals surface area contributed by atoms with Gasteiger partial charge < -0.3 is 4.74 Å². The summed E-state index contributed by atoms with van der Waals surface area (Å²) < 4.78 is 5.33. The third-order valence-corrected chi connectivity index (χ3v) is 4.50. The van der Waals surface area contributed by atoms with Gasteiger partial charge in [-0.3, -0.25) is 4.79 Å². The fraction of sp³-hybridized carbons (Fsp3) is 0.550. The maximum absolute atomic E-state index is 11.6. The monoisotopic (exact) mass is 300 g/mol. The standard InChI is InChI=1S/C20H28O2/c1-2-3-4-5-6-7-11-14-19-18(20(21)22-19)16-15-17-12-9-8-10-13-17/h2,8-10,12-13,18-19H,1,3-7,11,14-16H2. The lowest BCUT2D eigenvalue weighted by Gasteiger charge is -2.35. The first-order valence-electron chi connectivity index (χ1n) is 8.66. The number of hydrogen-bond acceptors (Lipinski definition) is 2. The highest BCUT2D eigenvalue weighted by molar-refractivity contribution is 5.78. The molecule has 0 amide bonds. The number of carbonyl (C=O) groups is 1. The number of unbranched alkanes of at least 4 members (excludes halogenated alkanes) is 5. The molecule has 0 aromatic heterocycles. The largest absolute Gasteiger partial charge is 0.461 e. The SMILES string of the molecule is C=CCCCCCCCC1OC(=O)C1CCc1ccccc1. The van der Waals surface area contributed by atoms with Crippen molar-refractivity contribution in [2.24, 2.45) is 5.92 Å². The van der Waals surface area contributed by atoms with Crippen LogP contribution in [0.2, 0.25) is 0 Å². The normalized spacial score (nSPS) is 20.3. The smallest absolute Gasteiger partial charge is 0.313 e. The van der Waals surface area contributed by atoms with E-state index in [-0.39, 0.29) is 18.0 Å². The summed E-state index contributed by atoms with van der Waals surface area (Å²) in [5.74, 6) is 0.132. The van der Waals surface area contributed by atoms with Crippen LogP contribution in [0.1, 0.15) is 56.9 Å². The van der Waals surface area contributed by atoms with E-state index in [0.717, 1.165) is 25.7 Å². The van der Waals surface area contributed by atoms with Crippen molar-refractivity contribution in [2.45, 2.75) is 63.9 Å². The lowest BCUT2D eigenvalue weighted by atomic mass is 9.87. The van der Waals surface area contributed by atoms with Gasteiger partial charge in [0.25, 0.3) is 0 Å². The molecule has 1 saturated heterocycles. The maximum Gasteiger partial charge on any atom is 0.313 e. The molecule has 1 fully saturated rings. The van der Waals surface area contributed by atoms with Crippen LogP contribution in [0.4, 0.5) is 0 Å². The van der Waals surface area contributed by atoms with E-state index in [1.54, 1.807) is 0 Å². The number of allylic oxidation sites excluding steroid dienone is 1. The van der Waals surface area contributed by atoms with Gasteiger partial charge in [0.05, 0.1) is 5.92 Å². The quantitative estimate of drug-likeness (QED) is 0.324. The van der Waals surface area contributed by atoms with Gasteiger partial charge in [-0.25, -0.2) is 0 Å². The Kier molecular flexibility index (Phi) is 7.21. The molecule has 2 unspecified atom stereocenters. The average molecular weight is 300 g/mol. The molecule has 120 valence electrons. The fourth-order valence-corrected chi connectivity index (χ4v) is 3.09. The second-order valence-electron chi connectivity index (χ2n) is 6.24. The molecule has 1 aromatic rings. The molecule has 0 spiro atoms. The van der Waals surface area contributed by atoms with Crippen LogP contribution in [-0.2, 0) is 16.0 Å². The Bertz CT molecular complexity index is 452. The molecule has 22 heavy (non-hydrogen) atoms. The highest BCUT2D eigenvalue weighted by Gasteiger charge is 2.40. The van der Waals surface area contributed by atoms with Crippen LogP contribution < -0.4 is 0 Å². The Morgan fingerprint density at radius 2 is 1.73 bits per heavy atom. The van der Waals surface area contributed by atoms with Crippen LogP contribution in [0.15, 0.2) is 43.0 Å². The van der Waals surface area contributed by atoms with Crippen molar-refractivity contribution in [3.8, 4) is 0 Å². The predicted octanol–water partition coefficient (Wildman–Crippen LogP) is 5.08. The van der Waals surface area contributed by atoms with Crippen molar-refractivity contribution in [1.82, 2.24) is 0 Å². The van der Waals surface area contributed by atoms with Gasteiger partial charge in [0.2, 0.25) is 0 Å². The molecule has 2 heteroatoms. The van der Waals surface area contributed by atoms with Gasteiger partial charge >= 0.3 is 5.97 Å². The number of cyclic esters (lactones) is 1. The highest BCUT2D eigenvalue weighted by Crippen LogP contribution is 2.31. The van der Waals surface area contributed by atoms with Crippen LogP contribution in [0.3, 0.4) is 0 Å². The molecule has 2 rings (SSSR count). The van der Waals surface area contributed by atoms with Crippen molar-refractivity contribution in [3.63, 3.8) is 0 Å². The molecule has 1 aromatic carbocycles. The second-order valence-corrected chi connectivity index (χ2v) is 6.24. The molecule has 0 radical (unpaired) electrons. The molecule has 0 bridgehead atoms. The zero-order chi connectivity index (χ0) is 15.6. The third-order valence-electron chi connectivity index (χ3n) is 4.50. The molecule has 2 atom stereocenters. The van der Waals surface area contributed by atoms with E-state index < -0.39 is 0 Å². The first kappa shape index (κ1) is 16.8. The lowest BCUT2D eigenvalue weighted by molar-refractivity contribution is -0.185. The fourth-order valence-electron chi connectivity index (χ4n) is 3.09. The zero-order valence-corrected chi connectivity index (χ0v) is 13.5. The molecule has 1 aliphatic heterocycles. The Hall–Kier alpha value is -1.57. The number of carbonyl (C=O) groups excluding carboxylic acids is 1. The minimum atomic E-state index is 0.00640. The average Bonchev–Trinajstić information content (AvgIpc) is 2.54. The summed E-state index contributed by atoms with van der Waals surface area (Å²) in [5.41, 5.74) is 1.31. The molecule has 0 saturated carbocycles. The Balaban J connectivity index is 1.59. The van der Waals surface area contributed by atoms with Gasteiger partial charge in [0.15, 0.2) is 0 Å². The van der Waals surface area contributed by atoms with Crippen molar-refractivity contribution >= 4 is 5.97 Å². The van der Waals surface area contributed by atoms with E-state index in [2.05, 4.69) is 30.8 Å². The molecule has 0 N–H and O–H groups in total. The van der Waals surface area contributed by atoms with Crippen LogP contribution in [-0.4, -0.2) is 12.1 Å². The van der Waals surface area contributed by atoms with Crippen molar-refractivity contribution in [2.75, 3.05) is 0 Å². The number of rotatable bonds is 11. The minimum absolute atomic E-state index is 0.00640. The second kappa shape index (κ2) is 9.45. The lowest BCUT2D eigenvalue weighted by Crippen LogP contribution is -2.45. The summed E-state index contributed by atoms with van der Waals surface area (Å²) in [4.78, 5) is 11.6. The van der Waals surface area contributed by atoms with Crippen LogP contribution in [0.25, 0.3) is 0 Å². The Morgan fingerprint density at radius 3 is 2.45 bits per heavy atom. The molecule has 0 aliphatic carbocycles. The van der Waals surface area contributed by atoms with E-state index >= 15 is 0 Å². The Labute approximate surface area is 134 Å². The number of aryl methyl sites for hydroxylation is 1. The summed E-state index contributed by atoms with van der Waals surface area (Å²) in [6.45, 7) is 3.74. The van der Waals surface area contributed by atoms with Crippen LogP contribution >= 0.6 is 0 Å². The van der Waals surface area contributed by atoms with E-state index in [9.17, 15) is 4.79 Å². The van der Waals surface area contributed by atoms with E-state index in [1.165, 1.54) is 37.7 Å². The molecular weight excluding hydrogens is 272 g/mol. The maximum atomic E-state index is 11.6. The number of benzene rings is 1. The first-order chi connectivity index (χ1) is 10.8. The number of ether oxygens (including phenoxy) is 1. The van der Waals surface area contributed by atoms with E-state index in [0.29, 0.717) is 0 Å². The zero-order valence-electron chi connectivity index (χ0n) is 13.5. The molecule has 1 aliphatic rings. The van der Waals surface area contributed by atoms with Gasteiger partial charge in [0, 0.05) is 0 Å². The predicted molar refractivity (Wildman–Crippen MR) is 90.6 cm³/mol. The van der Waals surface area contributed by atoms with Gasteiger partial charge in [-0.2, -0.15) is 0 Å². The molecule has 1 heterocycles. The summed E-state index contributed by atoms with van der Waals surface area (Å²) >= 11 is 0. The summed E-state index contributed by atoms with van der Waals surface area (Å²) in [6.07, 6.45) is 12.5. The number of esters is 1. The van der Waals surface area contributed by atoms with Crippen molar-refractivity contribution in [3.05, 3.63) is 48.6 Å². The summed E-state index contributed by atoms with van der Waals surface area (Å²) in [7, 11) is 0. The van der Waals surface area contributed by atoms with Crippen molar-refractivity contribution < 1.29 is 9.53 Å². The highest BCUT2D eigenvalue weighted by atomic mass is 16.6. The Morgan fingerprint density at radius 1 is 1.00 bits per heavy atom. The van der Waals surface area contributed by atoms with Crippen molar-refractivity contribution in [1.29, 1.82) is 0 Å². The van der Waals surface area contributed by atoms with Crippen LogP contribution in [0, 0.1) is 5.92 Å². The van der Waals surface area contributed by atoms with E-state index in [4.69, 9.17) is 4.74 Å². The topological polar surface area (TPSA) is 26.3 Å². The van der Waals surface area contributed by atoms with Gasteiger partial charge in [0.1, 0.15) is 6.10 Å². The minimum Gasteiger partial charge on any atom is -0.461 e. The summed E-state index contributed by atoms with van der Waals surface area (Å²) in [5, 5.41) is 0. The van der Waals surface area contributed by atoms with Gasteiger partial charge in [-0.05, 0) is 44.1 Å². The molecular formula is C20H28O2. The number of hydrogen-bond donors (Lipinski definition) is 0. The third kappa shape index (κ3) is 5.32. The first-order valence-corrected chi connectivity index (χ1v) is 8.66. The summed E-state index contributed by atoms with van der Waals surface area (Å²) in [6, 6.07) is 10.4. The van der Waals surface area contributed by atoms with E-state index in [1.807, 2.05) is 12.1 Å². The molecule has 2 nitrogen and oxygen atoms in total. The van der Waals surface area contributed by atoms with Gasteiger partial charge in [-0.15, -0.1) is 6.58 Å². The van der Waals surface area contributed by atoms with Crippen LogP contribution in [0.5, 0.6) is 0 Å². The van der Waals surface area contributed by atoms with Gasteiger partial charge in [-0.1, -0.05) is 55.7 Å².